The van der Waals surface area contributed by atoms with Crippen molar-refractivity contribution in [1.29, 1.82) is 0 Å². The lowest BCUT2D eigenvalue weighted by atomic mass is 10.0. The molecule has 0 spiro atoms. The SMILES string of the molecule is c1ccc2c(c1)OCCOCCOCCOc1cc3c(cc1OCCOCCOCCO2)-c1cc2[nH]c(cc4nc(cc5[nH]c(cc-3n1)c1cc3c(cc51)OCCOCCOCCOc1ccccc1OCCOCCOCCO3)-c1cc3c(cc1-4)OCCOCCOCCOc1ccccc1OCCOCCOCCO3)c1cc3c(cc21)OCCOCCOCCOc1ccccc1OCCOCCOCCO3. The molecule has 17 rings (SSSR count). The van der Waals surface area contributed by atoms with E-state index >= 15 is 0 Å². The lowest BCUT2D eigenvalue weighted by Gasteiger charge is -2.16. The first-order valence-corrected chi connectivity index (χ1v) is 49.3. The number of nitrogens with zero attached hydrogens (tertiary/aromatic N) is 2. The summed E-state index contributed by atoms with van der Waals surface area (Å²) in [5.41, 5.74) is 7.62. The summed E-state index contributed by atoms with van der Waals surface area (Å²) >= 11 is 0. The third kappa shape index (κ3) is 30.8. The number of aromatic nitrogens is 4. The van der Waals surface area contributed by atoms with Crippen molar-refractivity contribution in [2.75, 3.05) is 317 Å². The molecule has 0 saturated heterocycles. The molecule has 770 valence electrons. The number of benzene rings is 8. The van der Waals surface area contributed by atoms with Crippen LogP contribution in [-0.4, -0.2) is 337 Å². The molecule has 2 N–H and O–H groups in total. The predicted octanol–water partition coefficient (Wildman–Crippen LogP) is 14.5. The van der Waals surface area contributed by atoms with Gasteiger partial charge in [-0.15, -0.1) is 0 Å². The Labute approximate surface area is 835 Å². The maximum atomic E-state index is 6.79. The first kappa shape index (κ1) is 103. The van der Waals surface area contributed by atoms with E-state index in [4.69, 9.17) is 162 Å². The van der Waals surface area contributed by atoms with Gasteiger partial charge in [0.1, 0.15) is 106 Å². The Morgan fingerprint density at radius 3 is 0.389 bits per heavy atom. The fraction of sp³-hybridized carbons (Fsp3) is 0.444. The van der Waals surface area contributed by atoms with Crippen molar-refractivity contribution in [3.8, 4) is 137 Å². The van der Waals surface area contributed by atoms with Crippen LogP contribution in [0.2, 0.25) is 0 Å². The minimum atomic E-state index is 0.137. The minimum absolute atomic E-state index is 0.137. The van der Waals surface area contributed by atoms with Crippen LogP contribution in [0.15, 0.2) is 170 Å². The first-order valence-electron chi connectivity index (χ1n) is 49.3. The summed E-state index contributed by atoms with van der Waals surface area (Å²) in [5, 5.41) is 2.94. The summed E-state index contributed by atoms with van der Waals surface area (Å²) in [6.07, 6.45) is 0. The number of aromatic amines is 2. The molecule has 0 saturated carbocycles. The van der Waals surface area contributed by atoms with E-state index in [1.807, 2.05) is 170 Å². The maximum absolute atomic E-state index is 6.79. The van der Waals surface area contributed by atoms with Gasteiger partial charge in [-0.25, -0.2) is 9.97 Å². The summed E-state index contributed by atoms with van der Waals surface area (Å²) in [7, 11) is 0. The van der Waals surface area contributed by atoms with Crippen molar-refractivity contribution < 1.29 is 152 Å². The van der Waals surface area contributed by atoms with Gasteiger partial charge in [0.25, 0.3) is 0 Å². The van der Waals surface area contributed by atoms with Gasteiger partial charge in [0.05, 0.1) is 234 Å². The van der Waals surface area contributed by atoms with Gasteiger partial charge in [0.2, 0.25) is 0 Å². The second-order valence-electron chi connectivity index (χ2n) is 32.8. The number of rotatable bonds is 0. The zero-order chi connectivity index (χ0) is 97.7. The average molecular weight is 1990 g/mol. The molecule has 144 heavy (non-hydrogen) atoms. The molecule has 0 amide bonds. The second kappa shape index (κ2) is 57.3. The Morgan fingerprint density at radius 1 is 0.132 bits per heavy atom. The molecular weight excluding hydrogens is 1870 g/mol. The van der Waals surface area contributed by atoms with Crippen molar-refractivity contribution in [3.05, 3.63) is 170 Å². The van der Waals surface area contributed by atoms with Gasteiger partial charge in [-0.3, -0.25) is 0 Å². The molecule has 0 aliphatic carbocycles. The topological polar surface area (TPSA) is 353 Å². The molecule has 6 aliphatic rings. The monoisotopic (exact) mass is 1990 g/mol. The third-order valence-corrected chi connectivity index (χ3v) is 22.9. The minimum Gasteiger partial charge on any atom is -0.487 e. The average Bonchev–Trinajstić information content (AvgIpc) is 1.58. The molecule has 6 aliphatic heterocycles. The molecule has 36 heteroatoms. The molecule has 0 unspecified atom stereocenters. The largest absolute Gasteiger partial charge is 0.487 e. The van der Waals surface area contributed by atoms with Crippen molar-refractivity contribution in [2.24, 2.45) is 0 Å². The standard InChI is InChI=1S/C108H126N4O32/c1-2-10-94-93(9-1)129-49-33-113-17-25-121-41-57-137-101-65-77-78(66-102(101)138-58-42-122-26-18-114-34-50-130-94)86-74-88-81-69-105-106(142-62-46-126-30-22-118-38-54-134-98-14-6-5-13-97(98)133-53-37-117-21-29-125-45-61-141-105)70-82(81)90(111-88)76-92-84-72-108-107(143-63-47-127-31-23-119-39-55-135-99-15-7-8-16-100(99)136-56-40-120-24-32-128-48-64-144-108)71-83(84)91(112-92)75-89-80-68-104-103(67-79(80)87(110-89)73-85(77)109-86)139-59-43-123-27-19-115-35-51-131-95-11-3-4-12-96(95)132-52-36-116-20-28-124-44-60-140-104/h1-16,65-76,109,112H,17-64H2. The number of hydrogen-bond acceptors (Lipinski definition) is 34. The highest BCUT2D eigenvalue weighted by Gasteiger charge is 2.28. The summed E-state index contributed by atoms with van der Waals surface area (Å²) in [6.45, 7) is 12.6. The van der Waals surface area contributed by atoms with E-state index in [1.54, 1.807) is 0 Å². The number of H-pyrrole nitrogens is 2. The lowest BCUT2D eigenvalue weighted by molar-refractivity contribution is 0.0223. The summed E-state index contributed by atoms with van der Waals surface area (Å²) in [4.78, 5) is 19.1. The highest BCUT2D eigenvalue weighted by atomic mass is 16.6. The van der Waals surface area contributed by atoms with Crippen molar-refractivity contribution >= 4 is 43.6 Å². The van der Waals surface area contributed by atoms with Crippen LogP contribution < -0.4 is 75.8 Å². The summed E-state index contributed by atoms with van der Waals surface area (Å²) in [5.74, 6) is 8.29. The molecule has 3 aromatic heterocycles. The quantitative estimate of drug-likeness (QED) is 0.142. The highest BCUT2D eigenvalue weighted by molar-refractivity contribution is 6.12. The number of nitrogens with one attached hydrogen (secondary N) is 2. The normalized spacial score (nSPS) is 18.2. The molecule has 0 radical (unpaired) electrons. The van der Waals surface area contributed by atoms with Crippen LogP contribution in [0.1, 0.15) is 0 Å². The van der Waals surface area contributed by atoms with E-state index in [1.165, 1.54) is 0 Å². The first-order chi connectivity index (χ1) is 71.5. The smallest absolute Gasteiger partial charge is 0.162 e. The Kier molecular flexibility index (Phi) is 41.0. The summed E-state index contributed by atoms with van der Waals surface area (Å²) < 4.78 is 200. The fourth-order valence-corrected chi connectivity index (χ4v) is 16.1. The van der Waals surface area contributed by atoms with Gasteiger partial charge in [0.15, 0.2) is 92.0 Å². The van der Waals surface area contributed by atoms with Crippen molar-refractivity contribution in [3.63, 3.8) is 0 Å². The van der Waals surface area contributed by atoms with Gasteiger partial charge in [-0.05, 0) is 121 Å². The molecule has 0 atom stereocenters. The van der Waals surface area contributed by atoms with Gasteiger partial charge >= 0.3 is 0 Å². The van der Waals surface area contributed by atoms with Crippen LogP contribution >= 0.6 is 0 Å². The zero-order valence-electron chi connectivity index (χ0n) is 81.1. The Hall–Kier alpha value is -12.4. The Morgan fingerprint density at radius 2 is 0.250 bits per heavy atom. The zero-order valence-corrected chi connectivity index (χ0v) is 81.1. The molecule has 8 aromatic carbocycles. The molecule has 0 fully saturated rings. The maximum Gasteiger partial charge on any atom is 0.162 e. The Balaban J connectivity index is 0.772. The fourth-order valence-electron chi connectivity index (χ4n) is 16.1. The van der Waals surface area contributed by atoms with E-state index < -0.39 is 0 Å². The van der Waals surface area contributed by atoms with Crippen molar-refractivity contribution in [2.45, 2.75) is 0 Å². The van der Waals surface area contributed by atoms with E-state index in [0.717, 1.165) is 21.5 Å². The highest BCUT2D eigenvalue weighted by Crippen LogP contribution is 2.49. The predicted molar refractivity (Wildman–Crippen MR) is 532 cm³/mol. The van der Waals surface area contributed by atoms with E-state index in [2.05, 4.69) is 9.97 Å². The second-order valence-corrected chi connectivity index (χ2v) is 32.8. The summed E-state index contributed by atoms with van der Waals surface area (Å²) in [6, 6.07) is 53.9. The van der Waals surface area contributed by atoms with E-state index in [0.29, 0.717) is 371 Å². The van der Waals surface area contributed by atoms with Crippen LogP contribution in [0, 0.1) is 0 Å². The third-order valence-electron chi connectivity index (χ3n) is 22.9. The van der Waals surface area contributed by atoms with E-state index in [-0.39, 0.29) is 106 Å². The van der Waals surface area contributed by atoms with Crippen LogP contribution in [0.5, 0.6) is 92.0 Å². The van der Waals surface area contributed by atoms with Gasteiger partial charge in [-0.2, -0.15) is 0 Å². The number of ether oxygens (including phenoxy) is 32. The number of hydrogen-bond donors (Lipinski definition) is 2. The van der Waals surface area contributed by atoms with Crippen molar-refractivity contribution in [1.82, 2.24) is 19.9 Å². The van der Waals surface area contributed by atoms with Gasteiger partial charge < -0.3 is 162 Å². The van der Waals surface area contributed by atoms with Crippen LogP contribution in [0.3, 0.4) is 0 Å². The van der Waals surface area contributed by atoms with Gasteiger partial charge in [-0.1, -0.05) is 48.5 Å². The van der Waals surface area contributed by atoms with Crippen LogP contribution in [0.4, 0.5) is 0 Å². The molecular formula is C108H126N4O32. The molecule has 36 nitrogen and oxygen atoms in total. The number of para-hydroxylation sites is 8. The van der Waals surface area contributed by atoms with E-state index in [9.17, 15) is 0 Å². The lowest BCUT2D eigenvalue weighted by Crippen LogP contribution is -2.15. The van der Waals surface area contributed by atoms with Gasteiger partial charge in [0, 0.05) is 65.9 Å². The van der Waals surface area contributed by atoms with Crippen LogP contribution in [-0.2, 0) is 75.8 Å². The number of fused-ring (bicyclic) bond motifs is 28. The molecule has 8 bridgehead atoms. The Bertz CT molecular complexity index is 5280. The molecule has 9 heterocycles. The van der Waals surface area contributed by atoms with Crippen LogP contribution in [0.25, 0.3) is 88.6 Å². The molecule has 11 aromatic rings.